The molecule has 5 aliphatic rings. The number of hydrogen-bond donors (Lipinski definition) is 3. The molecule has 4 amide bonds. The molecule has 7 rings (SSSR count). The summed E-state index contributed by atoms with van der Waals surface area (Å²) in [6, 6.07) is 2.56. The number of methoxy groups -OCH3 is 1. The van der Waals surface area contributed by atoms with Crippen LogP contribution in [0.1, 0.15) is 91.5 Å². The lowest BCUT2D eigenvalue weighted by Crippen LogP contribution is -2.61. The average molecular weight is 876 g/mol. The number of benzene rings is 1. The third-order valence-corrected chi connectivity index (χ3v) is 14.6. The van der Waals surface area contributed by atoms with E-state index < -0.39 is 92.5 Å². The number of rotatable bonds is 10. The van der Waals surface area contributed by atoms with Crippen LogP contribution in [-0.4, -0.2) is 115 Å². The van der Waals surface area contributed by atoms with Crippen molar-refractivity contribution in [2.75, 3.05) is 20.3 Å². The quantitative estimate of drug-likeness (QED) is 0.284. The SMILES string of the molecule is CC[C@@H]1O[C@@H](C)CC/C=C\[C@@H]2C[C@@]2(C(=O)NS(=O)(=O)C2(C)CC2)NC(=O)[C@@H]2C[C@@H](Oc3nc4c(c5cc(OC)ccc35)CCCO4)CN2C(=O)[C@H]1NC(=O)OC(C)(C)C(F)F. The molecule has 2 saturated carbocycles. The van der Waals surface area contributed by atoms with Gasteiger partial charge in [-0.05, 0) is 103 Å². The van der Waals surface area contributed by atoms with Gasteiger partial charge in [0.15, 0.2) is 5.60 Å². The number of fused-ring (bicyclic) bond motifs is 5. The first-order chi connectivity index (χ1) is 28.8. The highest BCUT2D eigenvalue weighted by molar-refractivity contribution is 7.91. The number of amides is 4. The molecule has 0 bridgehead atoms. The van der Waals surface area contributed by atoms with Crippen LogP contribution in [0.2, 0.25) is 0 Å². The van der Waals surface area contributed by atoms with E-state index in [9.17, 15) is 36.4 Å². The molecule has 0 radical (unpaired) electrons. The highest BCUT2D eigenvalue weighted by Gasteiger charge is 2.63. The maximum Gasteiger partial charge on any atom is 0.408 e. The van der Waals surface area contributed by atoms with Gasteiger partial charge >= 0.3 is 6.09 Å². The van der Waals surface area contributed by atoms with Crippen molar-refractivity contribution in [1.82, 2.24) is 25.2 Å². The number of allylic oxidation sites excluding steroid dienone is 1. The zero-order chi connectivity index (χ0) is 44.1. The Morgan fingerprint density at radius 1 is 1.18 bits per heavy atom. The highest BCUT2D eigenvalue weighted by atomic mass is 32.2. The van der Waals surface area contributed by atoms with Gasteiger partial charge < -0.3 is 39.2 Å². The van der Waals surface area contributed by atoms with Crippen LogP contribution >= 0.6 is 0 Å². The summed E-state index contributed by atoms with van der Waals surface area (Å²) in [4.78, 5) is 62.9. The fourth-order valence-electron chi connectivity index (χ4n) is 8.19. The lowest BCUT2D eigenvalue weighted by Gasteiger charge is -2.34. The number of alkyl halides is 2. The van der Waals surface area contributed by atoms with Crippen LogP contribution in [0.4, 0.5) is 13.6 Å². The van der Waals surface area contributed by atoms with Crippen LogP contribution in [0.25, 0.3) is 10.8 Å². The number of carbonyl (C=O) groups excluding carboxylic acids is 4. The van der Waals surface area contributed by atoms with Crippen molar-refractivity contribution < 1.29 is 60.1 Å². The molecule has 0 unspecified atom stereocenters. The number of carbonyl (C=O) groups is 4. The van der Waals surface area contributed by atoms with Crippen molar-refractivity contribution in [2.24, 2.45) is 5.92 Å². The topological polar surface area (TPSA) is 201 Å². The van der Waals surface area contributed by atoms with Crippen molar-refractivity contribution in [1.29, 1.82) is 0 Å². The van der Waals surface area contributed by atoms with Gasteiger partial charge in [0, 0.05) is 23.3 Å². The van der Waals surface area contributed by atoms with Crippen LogP contribution in [0.3, 0.4) is 0 Å². The lowest BCUT2D eigenvalue weighted by atomic mass is 10.0. The van der Waals surface area contributed by atoms with E-state index in [1.807, 2.05) is 12.1 Å². The van der Waals surface area contributed by atoms with Gasteiger partial charge in [0.25, 0.3) is 12.3 Å². The minimum absolute atomic E-state index is 0.0995. The molecule has 61 heavy (non-hydrogen) atoms. The minimum Gasteiger partial charge on any atom is -0.497 e. The Morgan fingerprint density at radius 3 is 2.62 bits per heavy atom. The van der Waals surface area contributed by atoms with Gasteiger partial charge in [-0.25, -0.2) is 22.0 Å². The van der Waals surface area contributed by atoms with Gasteiger partial charge in [-0.1, -0.05) is 19.1 Å². The Balaban J connectivity index is 1.26. The summed E-state index contributed by atoms with van der Waals surface area (Å²) < 4.78 is 84.7. The smallest absolute Gasteiger partial charge is 0.408 e. The van der Waals surface area contributed by atoms with Crippen molar-refractivity contribution in [3.8, 4) is 17.5 Å². The molecular formula is C42H55F2N5O11S. The fraction of sp³-hybridized carbons (Fsp3) is 0.643. The maximum absolute atomic E-state index is 15.0. The maximum atomic E-state index is 15.0. The molecule has 3 aliphatic heterocycles. The Bertz CT molecular complexity index is 2200. The van der Waals surface area contributed by atoms with Crippen molar-refractivity contribution >= 4 is 44.6 Å². The third kappa shape index (κ3) is 8.95. The molecule has 1 aromatic heterocycles. The number of hydrogen-bond acceptors (Lipinski definition) is 12. The predicted molar refractivity (Wildman–Crippen MR) is 217 cm³/mol. The first-order valence-electron chi connectivity index (χ1n) is 20.9. The number of nitrogens with zero attached hydrogens (tertiary/aromatic N) is 2. The number of alkyl carbamates (subject to hydrolysis) is 1. The summed E-state index contributed by atoms with van der Waals surface area (Å²) in [6.45, 7) is 7.37. The number of sulfonamides is 1. The summed E-state index contributed by atoms with van der Waals surface area (Å²) in [6.07, 6.45) is 0.220. The molecule has 334 valence electrons. The highest BCUT2D eigenvalue weighted by Crippen LogP contribution is 2.48. The van der Waals surface area contributed by atoms with E-state index in [-0.39, 0.29) is 31.7 Å². The fourth-order valence-corrected chi connectivity index (χ4v) is 9.50. The molecule has 19 heteroatoms. The number of nitrogens with one attached hydrogen (secondary N) is 3. The number of aryl methyl sites for hydroxylation is 1. The van der Waals surface area contributed by atoms with Crippen LogP contribution in [0.5, 0.6) is 17.5 Å². The van der Waals surface area contributed by atoms with Gasteiger partial charge in [-0.15, -0.1) is 0 Å². The summed E-state index contributed by atoms with van der Waals surface area (Å²) in [5.74, 6) is -1.85. The molecular weight excluding hydrogens is 821 g/mol. The molecule has 1 aromatic carbocycles. The van der Waals surface area contributed by atoms with Gasteiger partial charge in [0.1, 0.15) is 29.5 Å². The predicted octanol–water partition coefficient (Wildman–Crippen LogP) is 4.46. The Labute approximate surface area is 353 Å². The minimum atomic E-state index is -4.08. The standard InChI is InChI=1S/C42H55F2N5O11S/c1-7-31-32(45-39(53)60-40(3,4)37(43)44)36(51)49-22-26(59-35-28-15-14-25(56-6)19-29(28)27-13-10-18-57-34(27)46-35)20-30(49)33(50)47-42(21-24(42)12-9-8-11-23(2)58-31)38(52)48-61(54,55)41(5)16-17-41/h9,12,14-15,19,23-24,26,30-32,37H,7-8,10-11,13,16-18,20-22H2,1-6H3,(H,45,53)(H,47,50)(H,48,52)/b12-9-/t23-,24+,26+,30-,31-,32-,42+/m0/s1. The van der Waals surface area contributed by atoms with Gasteiger partial charge in [0.05, 0.1) is 37.2 Å². The van der Waals surface area contributed by atoms with E-state index in [1.54, 1.807) is 46.1 Å². The molecule has 3 fully saturated rings. The van der Waals surface area contributed by atoms with Gasteiger partial charge in [0.2, 0.25) is 33.6 Å². The Hall–Kier alpha value is -4.78. The second-order valence-electron chi connectivity index (χ2n) is 17.5. The van der Waals surface area contributed by atoms with Crippen molar-refractivity contribution in [3.05, 3.63) is 35.9 Å². The summed E-state index contributed by atoms with van der Waals surface area (Å²) in [5, 5.41) is 6.74. The molecule has 2 aromatic rings. The molecule has 0 spiro atoms. The first-order valence-corrected chi connectivity index (χ1v) is 22.4. The van der Waals surface area contributed by atoms with Gasteiger partial charge in [-0.3, -0.25) is 19.1 Å². The van der Waals surface area contributed by atoms with E-state index in [0.717, 1.165) is 31.2 Å². The van der Waals surface area contributed by atoms with Crippen molar-refractivity contribution in [3.63, 3.8) is 0 Å². The number of ether oxygens (including phenoxy) is 5. The van der Waals surface area contributed by atoms with Crippen molar-refractivity contribution in [2.45, 2.75) is 145 Å². The summed E-state index contributed by atoms with van der Waals surface area (Å²) in [7, 11) is -2.53. The van der Waals surface area contributed by atoms with Crippen LogP contribution in [0.15, 0.2) is 30.4 Å². The number of aromatic nitrogens is 1. The number of pyridine rings is 1. The average Bonchev–Trinajstić information content (AvgIpc) is 4.10. The largest absolute Gasteiger partial charge is 0.497 e. The monoisotopic (exact) mass is 875 g/mol. The number of halogens is 2. The van der Waals surface area contributed by atoms with E-state index in [2.05, 4.69) is 15.4 Å². The lowest BCUT2D eigenvalue weighted by molar-refractivity contribution is -0.145. The summed E-state index contributed by atoms with van der Waals surface area (Å²) in [5.41, 5.74) is -2.98. The Kier molecular flexibility index (Phi) is 12.2. The molecule has 3 N–H and O–H groups in total. The second-order valence-corrected chi connectivity index (χ2v) is 19.7. The van der Waals surface area contributed by atoms with E-state index >= 15 is 0 Å². The molecule has 4 heterocycles. The second kappa shape index (κ2) is 16.8. The molecule has 1 saturated heterocycles. The van der Waals surface area contributed by atoms with Crippen LogP contribution in [-0.2, 0) is 40.3 Å². The third-order valence-electron chi connectivity index (χ3n) is 12.5. The zero-order valence-electron chi connectivity index (χ0n) is 35.3. The first kappa shape index (κ1) is 44.3. The normalized spacial score (nSPS) is 29.4. The van der Waals surface area contributed by atoms with E-state index in [0.29, 0.717) is 55.7 Å². The van der Waals surface area contributed by atoms with Gasteiger partial charge in [-0.2, -0.15) is 4.98 Å². The van der Waals surface area contributed by atoms with Crippen LogP contribution in [0, 0.1) is 5.92 Å². The summed E-state index contributed by atoms with van der Waals surface area (Å²) >= 11 is 0. The molecule has 7 atom stereocenters. The zero-order valence-corrected chi connectivity index (χ0v) is 36.1. The molecule has 2 aliphatic carbocycles. The molecule has 16 nitrogen and oxygen atoms in total. The Morgan fingerprint density at radius 2 is 1.93 bits per heavy atom. The van der Waals surface area contributed by atoms with E-state index in [4.69, 9.17) is 28.7 Å². The van der Waals surface area contributed by atoms with E-state index in [1.165, 1.54) is 4.90 Å². The van der Waals surface area contributed by atoms with Crippen LogP contribution < -0.4 is 29.6 Å².